The van der Waals surface area contributed by atoms with Crippen molar-refractivity contribution in [3.8, 4) is 11.8 Å². The Balaban J connectivity index is 2.05. The minimum Gasteiger partial charge on any atom is -0.485 e. The first kappa shape index (κ1) is 14.5. The van der Waals surface area contributed by atoms with Gasteiger partial charge in [0.2, 0.25) is 5.76 Å². The van der Waals surface area contributed by atoms with Crippen LogP contribution in [-0.4, -0.2) is 18.6 Å². The predicted molar refractivity (Wildman–Crippen MR) is 81.4 cm³/mol. The summed E-state index contributed by atoms with van der Waals surface area (Å²) in [5, 5.41) is 9.36. The quantitative estimate of drug-likeness (QED) is 0.807. The van der Waals surface area contributed by atoms with Gasteiger partial charge in [0, 0.05) is 6.07 Å². The summed E-state index contributed by atoms with van der Waals surface area (Å²) >= 11 is 6.16. The number of nitrogens with zero attached hydrogens (tertiary/aromatic N) is 2. The van der Waals surface area contributed by atoms with Crippen LogP contribution in [0.15, 0.2) is 28.7 Å². The maximum atomic E-state index is 12.8. The highest BCUT2D eigenvalue weighted by atomic mass is 35.5. The number of hydrogen-bond acceptors (Lipinski definition) is 4. The van der Waals surface area contributed by atoms with Crippen molar-refractivity contribution >= 4 is 23.2 Å². The van der Waals surface area contributed by atoms with Gasteiger partial charge in [0.1, 0.15) is 17.9 Å². The average molecular weight is 317 g/mol. The molecule has 1 amide bonds. The van der Waals surface area contributed by atoms with Crippen LogP contribution in [0.3, 0.4) is 0 Å². The number of halogens is 1. The Hall–Kier alpha value is -2.45. The van der Waals surface area contributed by atoms with Crippen molar-refractivity contribution in [1.82, 2.24) is 0 Å². The van der Waals surface area contributed by atoms with Gasteiger partial charge in [0.15, 0.2) is 5.75 Å². The third kappa shape index (κ3) is 2.32. The Kier molecular flexibility index (Phi) is 3.55. The van der Waals surface area contributed by atoms with E-state index < -0.39 is 0 Å². The van der Waals surface area contributed by atoms with Crippen LogP contribution in [0.2, 0.25) is 5.02 Å². The Morgan fingerprint density at radius 1 is 1.50 bits per heavy atom. The molecule has 0 spiro atoms. The molecule has 0 fully saturated rings. The lowest BCUT2D eigenvalue weighted by Crippen LogP contribution is -2.42. The van der Waals surface area contributed by atoms with Crippen LogP contribution in [0.5, 0.6) is 5.75 Å². The summed E-state index contributed by atoms with van der Waals surface area (Å²) in [7, 11) is 0. The monoisotopic (exact) mass is 316 g/mol. The summed E-state index contributed by atoms with van der Waals surface area (Å²) in [4.78, 5) is 14.4. The van der Waals surface area contributed by atoms with E-state index in [0.29, 0.717) is 34.3 Å². The molecule has 112 valence electrons. The topological polar surface area (TPSA) is 66.5 Å². The number of aryl methyl sites for hydroxylation is 1. The minimum atomic E-state index is -0.235. The lowest BCUT2D eigenvalue weighted by atomic mass is 10.1. The SMILES string of the molecule is Cc1oc(C#N)cc1C(=O)N1C[C@@H](C)Oc2c(Cl)cccc21. The van der Waals surface area contributed by atoms with Crippen molar-refractivity contribution in [3.05, 3.63) is 46.4 Å². The van der Waals surface area contributed by atoms with Gasteiger partial charge in [-0.1, -0.05) is 17.7 Å². The number of fused-ring (bicyclic) bond motifs is 1. The summed E-state index contributed by atoms with van der Waals surface area (Å²) < 4.78 is 11.0. The molecule has 2 heterocycles. The zero-order valence-corrected chi connectivity index (χ0v) is 12.8. The maximum absolute atomic E-state index is 12.8. The number of carbonyl (C=O) groups is 1. The zero-order valence-electron chi connectivity index (χ0n) is 12.1. The summed E-state index contributed by atoms with van der Waals surface area (Å²) in [6.07, 6.45) is -0.181. The van der Waals surface area contributed by atoms with Crippen LogP contribution in [0.4, 0.5) is 5.69 Å². The maximum Gasteiger partial charge on any atom is 0.262 e. The fourth-order valence-corrected chi connectivity index (χ4v) is 2.72. The molecule has 5 nitrogen and oxygen atoms in total. The molecule has 0 saturated carbocycles. The highest BCUT2D eigenvalue weighted by molar-refractivity contribution is 6.32. The van der Waals surface area contributed by atoms with Crippen LogP contribution < -0.4 is 9.64 Å². The lowest BCUT2D eigenvalue weighted by molar-refractivity contribution is 0.0959. The summed E-state index contributed by atoms with van der Waals surface area (Å²) in [6.45, 7) is 3.94. The van der Waals surface area contributed by atoms with E-state index in [-0.39, 0.29) is 17.8 Å². The van der Waals surface area contributed by atoms with Crippen LogP contribution in [0.1, 0.15) is 28.8 Å². The third-order valence-corrected chi connectivity index (χ3v) is 3.80. The lowest BCUT2D eigenvalue weighted by Gasteiger charge is -2.33. The molecule has 1 atom stereocenters. The van der Waals surface area contributed by atoms with Gasteiger partial charge in [0.05, 0.1) is 22.8 Å². The molecule has 1 aliphatic heterocycles. The molecule has 0 aliphatic carbocycles. The van der Waals surface area contributed by atoms with Crippen LogP contribution in [-0.2, 0) is 0 Å². The molecule has 0 radical (unpaired) electrons. The highest BCUT2D eigenvalue weighted by Crippen LogP contribution is 2.40. The molecule has 2 aromatic rings. The molecule has 0 N–H and O–H groups in total. The van der Waals surface area contributed by atoms with E-state index >= 15 is 0 Å². The van der Waals surface area contributed by atoms with Crippen LogP contribution >= 0.6 is 11.6 Å². The smallest absolute Gasteiger partial charge is 0.262 e. The van der Waals surface area contributed by atoms with E-state index in [1.165, 1.54) is 6.07 Å². The number of anilines is 1. The molecule has 1 aromatic carbocycles. The second-order valence-corrected chi connectivity index (χ2v) is 5.53. The van der Waals surface area contributed by atoms with Crippen LogP contribution in [0, 0.1) is 18.3 Å². The molecule has 1 aromatic heterocycles. The van der Waals surface area contributed by atoms with Gasteiger partial charge in [-0.3, -0.25) is 4.79 Å². The van der Waals surface area contributed by atoms with Gasteiger partial charge in [0.25, 0.3) is 5.91 Å². The molecule has 0 unspecified atom stereocenters. The average Bonchev–Trinajstić information content (AvgIpc) is 2.88. The van der Waals surface area contributed by atoms with E-state index in [4.69, 9.17) is 26.0 Å². The Bertz CT molecular complexity index is 791. The fraction of sp³-hybridized carbons (Fsp3) is 0.250. The highest BCUT2D eigenvalue weighted by Gasteiger charge is 2.31. The van der Waals surface area contributed by atoms with E-state index in [1.54, 1.807) is 30.0 Å². The number of carbonyl (C=O) groups excluding carboxylic acids is 1. The normalized spacial score (nSPS) is 16.6. The standard InChI is InChI=1S/C16H13ClN2O3/c1-9-8-19(14-5-3-4-13(17)15(14)21-9)16(20)12-6-11(7-18)22-10(12)2/h3-6,9H,8H2,1-2H3/t9-/m1/s1. The van der Waals surface area contributed by atoms with E-state index in [2.05, 4.69) is 0 Å². The number of furan rings is 1. The Morgan fingerprint density at radius 3 is 2.95 bits per heavy atom. The molecular weight excluding hydrogens is 304 g/mol. The van der Waals surface area contributed by atoms with Gasteiger partial charge >= 0.3 is 0 Å². The van der Waals surface area contributed by atoms with Crippen molar-refractivity contribution in [3.63, 3.8) is 0 Å². The van der Waals surface area contributed by atoms with Crippen LogP contribution in [0.25, 0.3) is 0 Å². The number of hydrogen-bond donors (Lipinski definition) is 0. The second-order valence-electron chi connectivity index (χ2n) is 5.12. The molecule has 0 bridgehead atoms. The summed E-state index contributed by atoms with van der Waals surface area (Å²) in [5.74, 6) is 0.803. The number of amides is 1. The molecule has 22 heavy (non-hydrogen) atoms. The van der Waals surface area contributed by atoms with Gasteiger partial charge < -0.3 is 14.1 Å². The largest absolute Gasteiger partial charge is 0.485 e. The number of para-hydroxylation sites is 1. The van der Waals surface area contributed by atoms with Gasteiger partial charge in [-0.15, -0.1) is 0 Å². The van der Waals surface area contributed by atoms with E-state index in [1.807, 2.05) is 13.0 Å². The molecule has 0 saturated heterocycles. The number of rotatable bonds is 1. The molecular formula is C16H13ClN2O3. The third-order valence-electron chi connectivity index (χ3n) is 3.50. The first-order chi connectivity index (χ1) is 10.5. The van der Waals surface area contributed by atoms with Crippen molar-refractivity contribution in [1.29, 1.82) is 5.26 Å². The number of ether oxygens (including phenoxy) is 1. The summed E-state index contributed by atoms with van der Waals surface area (Å²) in [6, 6.07) is 8.63. The second kappa shape index (κ2) is 5.39. The number of nitriles is 1. The fourth-order valence-electron chi connectivity index (χ4n) is 2.51. The Labute approximate surface area is 132 Å². The van der Waals surface area contributed by atoms with Crippen molar-refractivity contribution in [2.75, 3.05) is 11.4 Å². The van der Waals surface area contributed by atoms with E-state index in [9.17, 15) is 4.79 Å². The molecule has 6 heteroatoms. The predicted octanol–water partition coefficient (Wildman–Crippen LogP) is 3.54. The van der Waals surface area contributed by atoms with Gasteiger partial charge in [-0.2, -0.15) is 5.26 Å². The van der Waals surface area contributed by atoms with Crippen molar-refractivity contribution < 1.29 is 13.9 Å². The van der Waals surface area contributed by atoms with Gasteiger partial charge in [-0.05, 0) is 26.0 Å². The molecule has 3 rings (SSSR count). The summed E-state index contributed by atoms with van der Waals surface area (Å²) in [5.41, 5.74) is 0.992. The van der Waals surface area contributed by atoms with Gasteiger partial charge in [-0.25, -0.2) is 0 Å². The van der Waals surface area contributed by atoms with Crippen molar-refractivity contribution in [2.24, 2.45) is 0 Å². The first-order valence-corrected chi connectivity index (χ1v) is 7.16. The van der Waals surface area contributed by atoms with E-state index in [0.717, 1.165) is 0 Å². The number of benzene rings is 1. The van der Waals surface area contributed by atoms with Crippen molar-refractivity contribution in [2.45, 2.75) is 20.0 Å². The Morgan fingerprint density at radius 2 is 2.27 bits per heavy atom. The minimum absolute atomic E-state index is 0.119. The first-order valence-electron chi connectivity index (χ1n) is 6.79. The zero-order chi connectivity index (χ0) is 15.9. The molecule has 1 aliphatic rings.